The molecule has 0 amide bonds. The summed E-state index contributed by atoms with van der Waals surface area (Å²) in [5.74, 6) is 2.41. The summed E-state index contributed by atoms with van der Waals surface area (Å²) in [6.45, 7) is 2.31. The fourth-order valence-corrected chi connectivity index (χ4v) is 3.91. The largest absolute Gasteiger partial charge is 0.496 e. The molecule has 2 nitrogen and oxygen atoms in total. The standard InChI is InChI=1S/C17H26ClNO/c1-4-12-7-5-6-8-14(12)17(19-2)15-11-13(18)9-10-16(15)20-3/h9-12,14,17,19H,4-8H2,1-3H3. The normalized spacial score (nSPS) is 24.4. The van der Waals surface area contributed by atoms with Gasteiger partial charge in [-0.1, -0.05) is 44.2 Å². The van der Waals surface area contributed by atoms with Gasteiger partial charge < -0.3 is 10.1 Å². The van der Waals surface area contributed by atoms with E-state index in [-0.39, 0.29) is 0 Å². The smallest absolute Gasteiger partial charge is 0.123 e. The molecule has 0 heterocycles. The second kappa shape index (κ2) is 7.33. The number of rotatable bonds is 5. The molecule has 0 saturated heterocycles. The van der Waals surface area contributed by atoms with Crippen LogP contribution in [0.4, 0.5) is 0 Å². The van der Waals surface area contributed by atoms with E-state index in [1.54, 1.807) is 7.11 Å². The maximum atomic E-state index is 6.20. The van der Waals surface area contributed by atoms with Gasteiger partial charge in [0.2, 0.25) is 0 Å². The molecular weight excluding hydrogens is 270 g/mol. The van der Waals surface area contributed by atoms with Crippen molar-refractivity contribution < 1.29 is 4.74 Å². The minimum absolute atomic E-state index is 0.328. The van der Waals surface area contributed by atoms with Crippen molar-refractivity contribution in [1.29, 1.82) is 0 Å². The highest BCUT2D eigenvalue weighted by Gasteiger charge is 2.32. The first-order valence-corrected chi connectivity index (χ1v) is 8.09. The first-order chi connectivity index (χ1) is 9.71. The van der Waals surface area contributed by atoms with Crippen LogP contribution in [0.25, 0.3) is 0 Å². The van der Waals surface area contributed by atoms with Crippen molar-refractivity contribution in [2.75, 3.05) is 14.2 Å². The van der Waals surface area contributed by atoms with Crippen LogP contribution in [0.3, 0.4) is 0 Å². The van der Waals surface area contributed by atoms with E-state index in [4.69, 9.17) is 16.3 Å². The number of benzene rings is 1. The fourth-order valence-electron chi connectivity index (χ4n) is 3.73. The molecule has 3 heteroatoms. The zero-order valence-electron chi connectivity index (χ0n) is 12.8. The molecule has 0 radical (unpaired) electrons. The van der Waals surface area contributed by atoms with Gasteiger partial charge in [0.1, 0.15) is 5.75 Å². The lowest BCUT2D eigenvalue weighted by atomic mass is 9.72. The van der Waals surface area contributed by atoms with E-state index < -0.39 is 0 Å². The van der Waals surface area contributed by atoms with Crippen molar-refractivity contribution in [2.24, 2.45) is 11.8 Å². The van der Waals surface area contributed by atoms with Crippen molar-refractivity contribution in [3.63, 3.8) is 0 Å². The first-order valence-electron chi connectivity index (χ1n) is 7.72. The van der Waals surface area contributed by atoms with Gasteiger partial charge in [0.15, 0.2) is 0 Å². The third-order valence-electron chi connectivity index (χ3n) is 4.76. The van der Waals surface area contributed by atoms with Crippen molar-refractivity contribution in [2.45, 2.75) is 45.1 Å². The van der Waals surface area contributed by atoms with Crippen LogP contribution in [-0.4, -0.2) is 14.2 Å². The van der Waals surface area contributed by atoms with Crippen LogP contribution in [0.1, 0.15) is 50.6 Å². The van der Waals surface area contributed by atoms with Crippen molar-refractivity contribution in [3.05, 3.63) is 28.8 Å². The lowest BCUT2D eigenvalue weighted by Crippen LogP contribution is -2.32. The Hall–Kier alpha value is -0.730. The van der Waals surface area contributed by atoms with E-state index in [2.05, 4.69) is 18.3 Å². The molecule has 0 bridgehead atoms. The molecule has 3 atom stereocenters. The molecule has 112 valence electrons. The maximum Gasteiger partial charge on any atom is 0.123 e. The molecule has 1 aliphatic rings. The Kier molecular flexibility index (Phi) is 5.74. The van der Waals surface area contributed by atoms with Crippen molar-refractivity contribution in [3.8, 4) is 5.75 Å². The van der Waals surface area contributed by atoms with Crippen LogP contribution >= 0.6 is 11.6 Å². The topological polar surface area (TPSA) is 21.3 Å². The summed E-state index contributed by atoms with van der Waals surface area (Å²) >= 11 is 6.20. The maximum absolute atomic E-state index is 6.20. The minimum atomic E-state index is 0.328. The number of hydrogen-bond donors (Lipinski definition) is 1. The van der Waals surface area contributed by atoms with Gasteiger partial charge in [0.05, 0.1) is 7.11 Å². The Labute approximate surface area is 127 Å². The lowest BCUT2D eigenvalue weighted by molar-refractivity contribution is 0.178. The number of hydrogen-bond acceptors (Lipinski definition) is 2. The molecule has 1 aliphatic carbocycles. The summed E-state index contributed by atoms with van der Waals surface area (Å²) in [6.07, 6.45) is 6.61. The van der Waals surface area contributed by atoms with Gasteiger partial charge in [-0.2, -0.15) is 0 Å². The van der Waals surface area contributed by atoms with E-state index in [1.807, 2.05) is 19.2 Å². The van der Waals surface area contributed by atoms with Gasteiger partial charge in [-0.25, -0.2) is 0 Å². The monoisotopic (exact) mass is 295 g/mol. The average molecular weight is 296 g/mol. The van der Waals surface area contributed by atoms with Crippen LogP contribution < -0.4 is 10.1 Å². The second-order valence-electron chi connectivity index (χ2n) is 5.77. The number of halogens is 1. The van der Waals surface area contributed by atoms with Crippen LogP contribution in [0.2, 0.25) is 5.02 Å². The van der Waals surface area contributed by atoms with Gasteiger partial charge >= 0.3 is 0 Å². The van der Waals surface area contributed by atoms with Crippen molar-refractivity contribution in [1.82, 2.24) is 5.32 Å². The van der Waals surface area contributed by atoms with Crippen LogP contribution in [0, 0.1) is 11.8 Å². The Morgan fingerprint density at radius 2 is 2.10 bits per heavy atom. The molecule has 1 saturated carbocycles. The molecule has 0 spiro atoms. The van der Waals surface area contributed by atoms with E-state index in [0.717, 1.165) is 16.7 Å². The van der Waals surface area contributed by atoms with Gasteiger partial charge in [0.25, 0.3) is 0 Å². The molecule has 1 aromatic rings. The zero-order chi connectivity index (χ0) is 14.5. The number of nitrogens with one attached hydrogen (secondary N) is 1. The summed E-state index contributed by atoms with van der Waals surface area (Å²) in [5, 5.41) is 4.30. The molecule has 1 aromatic carbocycles. The van der Waals surface area contributed by atoms with Gasteiger partial charge in [-0.15, -0.1) is 0 Å². The zero-order valence-corrected chi connectivity index (χ0v) is 13.5. The SMILES string of the molecule is CCC1CCCCC1C(NC)c1cc(Cl)ccc1OC. The predicted octanol–water partition coefficient (Wildman–Crippen LogP) is 4.83. The lowest BCUT2D eigenvalue weighted by Gasteiger charge is -2.37. The Balaban J connectivity index is 2.33. The highest BCUT2D eigenvalue weighted by Crippen LogP contribution is 2.42. The summed E-state index contributed by atoms with van der Waals surface area (Å²) in [4.78, 5) is 0. The fraction of sp³-hybridized carbons (Fsp3) is 0.647. The quantitative estimate of drug-likeness (QED) is 0.840. The summed E-state index contributed by atoms with van der Waals surface area (Å²) < 4.78 is 5.54. The highest BCUT2D eigenvalue weighted by molar-refractivity contribution is 6.30. The third-order valence-corrected chi connectivity index (χ3v) is 4.99. The van der Waals surface area contributed by atoms with Gasteiger partial charge in [-0.05, 0) is 43.5 Å². The van der Waals surface area contributed by atoms with E-state index in [9.17, 15) is 0 Å². The third kappa shape index (κ3) is 3.29. The Morgan fingerprint density at radius 1 is 1.35 bits per heavy atom. The van der Waals surface area contributed by atoms with E-state index >= 15 is 0 Å². The van der Waals surface area contributed by atoms with Crippen molar-refractivity contribution >= 4 is 11.6 Å². The van der Waals surface area contributed by atoms with E-state index in [0.29, 0.717) is 12.0 Å². The van der Waals surface area contributed by atoms with Crippen LogP contribution in [0.15, 0.2) is 18.2 Å². The predicted molar refractivity (Wildman–Crippen MR) is 85.5 cm³/mol. The van der Waals surface area contributed by atoms with Crippen LogP contribution in [0.5, 0.6) is 5.75 Å². The molecule has 1 fully saturated rings. The average Bonchev–Trinajstić information content (AvgIpc) is 2.49. The second-order valence-corrected chi connectivity index (χ2v) is 6.21. The van der Waals surface area contributed by atoms with E-state index in [1.165, 1.54) is 37.7 Å². The minimum Gasteiger partial charge on any atom is -0.496 e. The molecule has 3 unspecified atom stereocenters. The Bertz CT molecular complexity index is 435. The molecule has 1 N–H and O–H groups in total. The summed E-state index contributed by atoms with van der Waals surface area (Å²) in [5.41, 5.74) is 1.20. The highest BCUT2D eigenvalue weighted by atomic mass is 35.5. The first kappa shape index (κ1) is 15.7. The molecule has 2 rings (SSSR count). The van der Waals surface area contributed by atoms with Crippen LogP contribution in [-0.2, 0) is 0 Å². The van der Waals surface area contributed by atoms with Gasteiger partial charge in [-0.3, -0.25) is 0 Å². The molecular formula is C17H26ClNO. The molecule has 20 heavy (non-hydrogen) atoms. The molecule has 0 aliphatic heterocycles. The number of ether oxygens (including phenoxy) is 1. The number of methoxy groups -OCH3 is 1. The summed E-state index contributed by atoms with van der Waals surface area (Å²) in [6, 6.07) is 6.26. The molecule has 0 aromatic heterocycles. The van der Waals surface area contributed by atoms with Gasteiger partial charge in [0, 0.05) is 16.6 Å². The Morgan fingerprint density at radius 3 is 2.75 bits per heavy atom. The summed E-state index contributed by atoms with van der Waals surface area (Å²) in [7, 11) is 3.78.